The summed E-state index contributed by atoms with van der Waals surface area (Å²) in [6.45, 7) is 1.48. The van der Waals surface area contributed by atoms with Crippen molar-refractivity contribution in [3.8, 4) is 0 Å². The van der Waals surface area contributed by atoms with Gasteiger partial charge in [0.25, 0.3) is 0 Å². The molecule has 2 aromatic heterocycles. The Morgan fingerprint density at radius 1 is 1.41 bits per heavy atom. The zero-order chi connectivity index (χ0) is 12.5. The SMILES string of the molecule is CC(CC(F)(F)F)Nc1ncnc2sccc12. The molecule has 17 heavy (non-hydrogen) atoms. The highest BCUT2D eigenvalue weighted by atomic mass is 32.1. The first-order valence-corrected chi connectivity index (χ1v) is 5.85. The number of hydrogen-bond acceptors (Lipinski definition) is 4. The van der Waals surface area contributed by atoms with Crippen LogP contribution in [0.5, 0.6) is 0 Å². The maximum Gasteiger partial charge on any atom is 0.391 e. The molecule has 0 saturated heterocycles. The number of thiophene rings is 1. The Labute approximate surface area is 99.7 Å². The number of nitrogens with one attached hydrogen (secondary N) is 1. The summed E-state index contributed by atoms with van der Waals surface area (Å²) in [6, 6.07) is 1.08. The van der Waals surface area contributed by atoms with Gasteiger partial charge < -0.3 is 5.32 Å². The Morgan fingerprint density at radius 3 is 2.88 bits per heavy atom. The van der Waals surface area contributed by atoms with E-state index in [9.17, 15) is 13.2 Å². The maximum atomic E-state index is 12.2. The van der Waals surface area contributed by atoms with Crippen molar-refractivity contribution in [2.24, 2.45) is 0 Å². The van der Waals surface area contributed by atoms with Gasteiger partial charge in [0.1, 0.15) is 17.0 Å². The molecule has 2 rings (SSSR count). The van der Waals surface area contributed by atoms with Crippen LogP contribution in [-0.4, -0.2) is 22.2 Å². The van der Waals surface area contributed by atoms with Crippen molar-refractivity contribution in [1.29, 1.82) is 0 Å². The van der Waals surface area contributed by atoms with Crippen LogP contribution in [0.2, 0.25) is 0 Å². The molecule has 1 unspecified atom stereocenters. The Bertz CT molecular complexity index is 509. The topological polar surface area (TPSA) is 37.8 Å². The minimum absolute atomic E-state index is 0.452. The van der Waals surface area contributed by atoms with Crippen LogP contribution < -0.4 is 5.32 Å². The van der Waals surface area contributed by atoms with Crippen molar-refractivity contribution in [1.82, 2.24) is 9.97 Å². The van der Waals surface area contributed by atoms with Crippen LogP contribution in [0.1, 0.15) is 13.3 Å². The van der Waals surface area contributed by atoms with Crippen LogP contribution in [-0.2, 0) is 0 Å². The maximum absolute atomic E-state index is 12.2. The number of anilines is 1. The second kappa shape index (κ2) is 4.48. The predicted molar refractivity (Wildman–Crippen MR) is 61.2 cm³/mol. The molecule has 92 valence electrons. The minimum Gasteiger partial charge on any atom is -0.367 e. The summed E-state index contributed by atoms with van der Waals surface area (Å²) >= 11 is 1.43. The van der Waals surface area contributed by atoms with Crippen LogP contribution >= 0.6 is 11.3 Å². The van der Waals surface area contributed by atoms with Gasteiger partial charge in [-0.15, -0.1) is 11.3 Å². The summed E-state index contributed by atoms with van der Waals surface area (Å²) in [5, 5.41) is 5.35. The van der Waals surface area contributed by atoms with E-state index in [-0.39, 0.29) is 0 Å². The molecule has 3 nitrogen and oxygen atoms in total. The van der Waals surface area contributed by atoms with Gasteiger partial charge in [0, 0.05) is 6.04 Å². The van der Waals surface area contributed by atoms with Gasteiger partial charge >= 0.3 is 6.18 Å². The Balaban J connectivity index is 2.15. The molecule has 0 fully saturated rings. The number of alkyl halides is 3. The highest BCUT2D eigenvalue weighted by Gasteiger charge is 2.30. The minimum atomic E-state index is -4.17. The lowest BCUT2D eigenvalue weighted by Gasteiger charge is -2.16. The standard InChI is InChI=1S/C10H10F3N3S/c1-6(4-10(11,12)13)16-8-7-2-3-17-9(7)15-5-14-8/h2-3,5-6H,4H2,1H3,(H,14,15,16). The van der Waals surface area contributed by atoms with Crippen LogP contribution in [0, 0.1) is 0 Å². The zero-order valence-corrected chi connectivity index (χ0v) is 9.77. The van der Waals surface area contributed by atoms with Gasteiger partial charge in [0.2, 0.25) is 0 Å². The Kier molecular flexibility index (Phi) is 3.19. The summed E-state index contributed by atoms with van der Waals surface area (Å²) in [4.78, 5) is 8.76. The normalized spacial score (nSPS) is 13.9. The lowest BCUT2D eigenvalue weighted by atomic mass is 10.2. The lowest BCUT2D eigenvalue weighted by molar-refractivity contribution is -0.136. The molecule has 0 aromatic carbocycles. The first-order chi connectivity index (χ1) is 7.96. The van der Waals surface area contributed by atoms with E-state index in [1.807, 2.05) is 5.38 Å². The molecular formula is C10H10F3N3S. The molecule has 2 aromatic rings. The first-order valence-electron chi connectivity index (χ1n) is 4.97. The van der Waals surface area contributed by atoms with E-state index in [4.69, 9.17) is 0 Å². The fourth-order valence-corrected chi connectivity index (χ4v) is 2.27. The van der Waals surface area contributed by atoms with Gasteiger partial charge in [-0.05, 0) is 18.4 Å². The van der Waals surface area contributed by atoms with Gasteiger partial charge in [-0.2, -0.15) is 13.2 Å². The second-order valence-corrected chi connectivity index (χ2v) is 4.62. The fourth-order valence-electron chi connectivity index (χ4n) is 1.54. The molecule has 0 spiro atoms. The molecular weight excluding hydrogens is 251 g/mol. The summed E-state index contributed by atoms with van der Waals surface area (Å²) in [5.41, 5.74) is 0. The Hall–Kier alpha value is -1.37. The van der Waals surface area contributed by atoms with E-state index in [2.05, 4.69) is 15.3 Å². The van der Waals surface area contributed by atoms with Gasteiger partial charge in [-0.25, -0.2) is 9.97 Å². The lowest BCUT2D eigenvalue weighted by Crippen LogP contribution is -2.24. The van der Waals surface area contributed by atoms with Gasteiger partial charge in [-0.3, -0.25) is 0 Å². The largest absolute Gasteiger partial charge is 0.391 e. The summed E-state index contributed by atoms with van der Waals surface area (Å²) < 4.78 is 36.6. The first kappa shape index (κ1) is 12.1. The molecule has 7 heteroatoms. The van der Waals surface area contributed by atoms with Crippen molar-refractivity contribution >= 4 is 27.4 Å². The van der Waals surface area contributed by atoms with Crippen molar-refractivity contribution in [2.75, 3.05) is 5.32 Å². The third-order valence-corrected chi connectivity index (χ3v) is 3.00. The van der Waals surface area contributed by atoms with E-state index in [0.717, 1.165) is 10.2 Å². The van der Waals surface area contributed by atoms with E-state index < -0.39 is 18.6 Å². The fraction of sp³-hybridized carbons (Fsp3) is 0.400. The average molecular weight is 261 g/mol. The molecule has 1 atom stereocenters. The van der Waals surface area contributed by atoms with Crippen LogP contribution in [0.4, 0.5) is 19.0 Å². The van der Waals surface area contributed by atoms with Crippen LogP contribution in [0.25, 0.3) is 10.2 Å². The molecule has 0 bridgehead atoms. The third-order valence-electron chi connectivity index (χ3n) is 2.18. The third kappa shape index (κ3) is 3.06. The molecule has 0 amide bonds. The number of fused-ring (bicyclic) bond motifs is 1. The van der Waals surface area contributed by atoms with Gasteiger partial charge in [0.05, 0.1) is 11.8 Å². The van der Waals surface area contributed by atoms with Gasteiger partial charge in [0.15, 0.2) is 0 Å². The summed E-state index contributed by atoms with van der Waals surface area (Å²) in [7, 11) is 0. The van der Waals surface area contributed by atoms with E-state index in [1.54, 1.807) is 6.07 Å². The Morgan fingerprint density at radius 2 is 2.18 bits per heavy atom. The van der Waals surface area contributed by atoms with Crippen molar-refractivity contribution < 1.29 is 13.2 Å². The van der Waals surface area contributed by atoms with E-state index >= 15 is 0 Å². The summed E-state index contributed by atoms with van der Waals surface area (Å²) in [6.07, 6.45) is -3.71. The monoisotopic (exact) mass is 261 g/mol. The number of aromatic nitrogens is 2. The highest BCUT2D eigenvalue weighted by Crippen LogP contribution is 2.27. The zero-order valence-electron chi connectivity index (χ0n) is 8.95. The van der Waals surface area contributed by atoms with Crippen molar-refractivity contribution in [3.63, 3.8) is 0 Å². The van der Waals surface area contributed by atoms with Crippen LogP contribution in [0.15, 0.2) is 17.8 Å². The molecule has 0 aliphatic heterocycles. The van der Waals surface area contributed by atoms with Crippen molar-refractivity contribution in [3.05, 3.63) is 17.8 Å². The average Bonchev–Trinajstić information content (AvgIpc) is 2.63. The molecule has 0 aliphatic rings. The van der Waals surface area contributed by atoms with Gasteiger partial charge in [-0.1, -0.05) is 0 Å². The number of halogens is 3. The van der Waals surface area contributed by atoms with E-state index in [1.165, 1.54) is 24.6 Å². The second-order valence-electron chi connectivity index (χ2n) is 3.73. The molecule has 1 N–H and O–H groups in total. The quantitative estimate of drug-likeness (QED) is 0.919. The summed E-state index contributed by atoms with van der Waals surface area (Å²) in [5.74, 6) is 0.452. The highest BCUT2D eigenvalue weighted by molar-refractivity contribution is 7.16. The smallest absolute Gasteiger partial charge is 0.367 e. The number of hydrogen-bond donors (Lipinski definition) is 1. The molecule has 0 saturated carbocycles. The van der Waals surface area contributed by atoms with E-state index in [0.29, 0.717) is 5.82 Å². The van der Waals surface area contributed by atoms with Crippen molar-refractivity contribution in [2.45, 2.75) is 25.6 Å². The predicted octanol–water partition coefficient (Wildman–Crippen LogP) is 3.44. The molecule has 0 aliphatic carbocycles. The molecule has 2 heterocycles. The molecule has 0 radical (unpaired) electrons. The number of nitrogens with zero attached hydrogens (tertiary/aromatic N) is 2. The van der Waals surface area contributed by atoms with Crippen LogP contribution in [0.3, 0.4) is 0 Å². The number of rotatable bonds is 3.